The summed E-state index contributed by atoms with van der Waals surface area (Å²) in [6.45, 7) is 5.87. The van der Waals surface area contributed by atoms with Crippen LogP contribution in [0, 0.1) is 13.8 Å². The van der Waals surface area contributed by atoms with Gasteiger partial charge in [-0.2, -0.15) is 0 Å². The normalized spacial score (nSPS) is 15.0. The van der Waals surface area contributed by atoms with Crippen molar-refractivity contribution in [1.82, 2.24) is 10.2 Å². The SMILES string of the molecule is CC[C@@H](C(=O)NC1CCCCC1)N(Cc1ccc(Cl)cc1)C(=O)COc1cc(C)c(Cl)c(C)c1. The lowest BCUT2D eigenvalue weighted by molar-refractivity contribution is -0.143. The molecule has 0 bridgehead atoms. The van der Waals surface area contributed by atoms with Crippen molar-refractivity contribution in [3.63, 3.8) is 0 Å². The van der Waals surface area contributed by atoms with Gasteiger partial charge in [-0.15, -0.1) is 0 Å². The third-order valence-corrected chi connectivity index (χ3v) is 7.22. The highest BCUT2D eigenvalue weighted by Crippen LogP contribution is 2.26. The minimum atomic E-state index is -0.581. The molecule has 0 heterocycles. The van der Waals surface area contributed by atoms with Crippen molar-refractivity contribution < 1.29 is 14.3 Å². The summed E-state index contributed by atoms with van der Waals surface area (Å²) < 4.78 is 5.84. The molecule has 5 nitrogen and oxygen atoms in total. The van der Waals surface area contributed by atoms with Crippen LogP contribution in [0.1, 0.15) is 62.1 Å². The number of hydrogen-bond donors (Lipinski definition) is 1. The Hall–Kier alpha value is -2.24. The molecule has 0 saturated heterocycles. The van der Waals surface area contributed by atoms with Crippen molar-refractivity contribution in [3.8, 4) is 5.75 Å². The molecule has 0 spiro atoms. The summed E-state index contributed by atoms with van der Waals surface area (Å²) in [4.78, 5) is 28.3. The van der Waals surface area contributed by atoms with Crippen LogP contribution in [0.5, 0.6) is 5.75 Å². The highest BCUT2D eigenvalue weighted by Gasteiger charge is 2.30. The van der Waals surface area contributed by atoms with E-state index in [0.717, 1.165) is 42.4 Å². The number of halogens is 2. The van der Waals surface area contributed by atoms with Gasteiger partial charge in [0.15, 0.2) is 6.61 Å². The molecule has 184 valence electrons. The topological polar surface area (TPSA) is 58.6 Å². The van der Waals surface area contributed by atoms with Crippen LogP contribution in [0.15, 0.2) is 36.4 Å². The third kappa shape index (κ3) is 7.13. The number of nitrogens with zero attached hydrogens (tertiary/aromatic N) is 1. The van der Waals surface area contributed by atoms with E-state index >= 15 is 0 Å². The quantitative estimate of drug-likeness (QED) is 0.439. The maximum atomic E-state index is 13.4. The second-order valence-electron chi connectivity index (χ2n) is 9.08. The molecule has 0 unspecified atom stereocenters. The predicted octanol–water partition coefficient (Wildman–Crippen LogP) is 6.25. The van der Waals surface area contributed by atoms with Crippen molar-refractivity contribution in [3.05, 3.63) is 63.1 Å². The van der Waals surface area contributed by atoms with Crippen molar-refractivity contribution in [2.45, 2.75) is 77.9 Å². The zero-order chi connectivity index (χ0) is 24.7. The summed E-state index contributed by atoms with van der Waals surface area (Å²) in [5.41, 5.74) is 2.68. The van der Waals surface area contributed by atoms with Crippen LogP contribution in [-0.4, -0.2) is 35.4 Å². The Bertz CT molecular complexity index is 965. The molecule has 1 N–H and O–H groups in total. The first kappa shape index (κ1) is 26.4. The van der Waals surface area contributed by atoms with Gasteiger partial charge in [-0.1, -0.05) is 61.5 Å². The van der Waals surface area contributed by atoms with E-state index in [-0.39, 0.29) is 24.5 Å². The number of nitrogens with one attached hydrogen (secondary N) is 1. The van der Waals surface area contributed by atoms with E-state index in [2.05, 4.69) is 5.32 Å². The number of hydrogen-bond acceptors (Lipinski definition) is 3. The Morgan fingerprint density at radius 3 is 2.26 bits per heavy atom. The van der Waals surface area contributed by atoms with Crippen molar-refractivity contribution in [2.75, 3.05) is 6.61 Å². The number of carbonyl (C=O) groups is 2. The van der Waals surface area contributed by atoms with Crippen LogP contribution in [0.2, 0.25) is 10.0 Å². The number of benzene rings is 2. The maximum Gasteiger partial charge on any atom is 0.261 e. The minimum absolute atomic E-state index is 0.102. The molecule has 1 fully saturated rings. The molecule has 1 atom stereocenters. The first-order valence-corrected chi connectivity index (χ1v) is 12.8. The maximum absolute atomic E-state index is 13.4. The number of carbonyl (C=O) groups excluding carboxylic acids is 2. The zero-order valence-electron chi connectivity index (χ0n) is 20.2. The first-order chi connectivity index (χ1) is 16.3. The van der Waals surface area contributed by atoms with E-state index in [1.54, 1.807) is 17.0 Å². The van der Waals surface area contributed by atoms with Gasteiger partial charge in [0.1, 0.15) is 11.8 Å². The fourth-order valence-electron chi connectivity index (χ4n) is 4.47. The molecular weight excluding hydrogens is 471 g/mol. The summed E-state index contributed by atoms with van der Waals surface area (Å²) in [5, 5.41) is 4.50. The molecule has 34 heavy (non-hydrogen) atoms. The van der Waals surface area contributed by atoms with Gasteiger partial charge in [0, 0.05) is 22.6 Å². The predicted molar refractivity (Wildman–Crippen MR) is 138 cm³/mol. The molecule has 2 aromatic carbocycles. The number of amides is 2. The Balaban J connectivity index is 1.77. The van der Waals surface area contributed by atoms with Crippen LogP contribution in [0.4, 0.5) is 0 Å². The van der Waals surface area contributed by atoms with Crippen molar-refractivity contribution in [1.29, 1.82) is 0 Å². The second-order valence-corrected chi connectivity index (χ2v) is 9.89. The second kappa shape index (κ2) is 12.5. The molecule has 2 amide bonds. The molecule has 7 heteroatoms. The van der Waals surface area contributed by atoms with Crippen molar-refractivity contribution >= 4 is 35.0 Å². The van der Waals surface area contributed by atoms with Gasteiger partial charge in [-0.05, 0) is 74.1 Å². The lowest BCUT2D eigenvalue weighted by Gasteiger charge is -2.32. The van der Waals surface area contributed by atoms with E-state index in [1.807, 2.05) is 45.0 Å². The smallest absolute Gasteiger partial charge is 0.261 e. The standard InChI is InChI=1S/C27H34Cl2N2O3/c1-4-24(27(33)30-22-8-6-5-7-9-22)31(16-20-10-12-21(28)13-11-20)25(32)17-34-23-14-18(2)26(29)19(3)15-23/h10-15,22,24H,4-9,16-17H2,1-3H3,(H,30,33)/t24-/m0/s1. The van der Waals surface area contributed by atoms with Crippen LogP contribution in [-0.2, 0) is 16.1 Å². The van der Waals surface area contributed by atoms with Crippen molar-refractivity contribution in [2.24, 2.45) is 0 Å². The molecule has 0 radical (unpaired) electrons. The van der Waals surface area contributed by atoms with E-state index in [1.165, 1.54) is 6.42 Å². The summed E-state index contributed by atoms with van der Waals surface area (Å²) in [7, 11) is 0. The lowest BCUT2D eigenvalue weighted by Crippen LogP contribution is -2.52. The Kier molecular flexibility index (Phi) is 9.66. The fourth-order valence-corrected chi connectivity index (χ4v) is 4.70. The van der Waals surface area contributed by atoms with E-state index in [0.29, 0.717) is 28.8 Å². The highest BCUT2D eigenvalue weighted by molar-refractivity contribution is 6.32. The Morgan fingerprint density at radius 2 is 1.68 bits per heavy atom. The van der Waals surface area contributed by atoms with Gasteiger partial charge >= 0.3 is 0 Å². The molecular formula is C27H34Cl2N2O3. The van der Waals surface area contributed by atoms with Gasteiger partial charge in [-0.25, -0.2) is 0 Å². The average Bonchev–Trinajstić information content (AvgIpc) is 2.82. The summed E-state index contributed by atoms with van der Waals surface area (Å²) in [5.74, 6) is 0.236. The fraction of sp³-hybridized carbons (Fsp3) is 0.481. The van der Waals surface area contributed by atoms with Gasteiger partial charge < -0.3 is 15.0 Å². The lowest BCUT2D eigenvalue weighted by atomic mass is 9.95. The van der Waals surface area contributed by atoms with Gasteiger partial charge in [-0.3, -0.25) is 9.59 Å². The molecule has 0 aromatic heterocycles. The van der Waals surface area contributed by atoms with Crippen LogP contribution < -0.4 is 10.1 Å². The molecule has 1 aliphatic carbocycles. The highest BCUT2D eigenvalue weighted by atomic mass is 35.5. The van der Waals surface area contributed by atoms with Crippen LogP contribution >= 0.6 is 23.2 Å². The summed E-state index contributed by atoms with van der Waals surface area (Å²) in [6.07, 6.45) is 5.96. The largest absolute Gasteiger partial charge is 0.484 e. The number of ether oxygens (including phenoxy) is 1. The van der Waals surface area contributed by atoms with Gasteiger partial charge in [0.05, 0.1) is 0 Å². The molecule has 1 aliphatic rings. The zero-order valence-corrected chi connectivity index (χ0v) is 21.7. The molecule has 2 aromatic rings. The molecule has 1 saturated carbocycles. The van der Waals surface area contributed by atoms with Gasteiger partial charge in [0.2, 0.25) is 5.91 Å². The Labute approximate surface area is 212 Å². The van der Waals surface area contributed by atoms with E-state index < -0.39 is 6.04 Å². The summed E-state index contributed by atoms with van der Waals surface area (Å²) >= 11 is 12.3. The monoisotopic (exact) mass is 504 g/mol. The Morgan fingerprint density at radius 1 is 1.06 bits per heavy atom. The van der Waals surface area contributed by atoms with E-state index in [9.17, 15) is 9.59 Å². The van der Waals surface area contributed by atoms with E-state index in [4.69, 9.17) is 27.9 Å². The van der Waals surface area contributed by atoms with Crippen LogP contribution in [0.25, 0.3) is 0 Å². The molecule has 3 rings (SSSR count). The average molecular weight is 505 g/mol. The summed E-state index contributed by atoms with van der Waals surface area (Å²) in [6, 6.07) is 10.6. The molecule has 0 aliphatic heterocycles. The third-order valence-electron chi connectivity index (χ3n) is 6.38. The number of rotatable bonds is 9. The first-order valence-electron chi connectivity index (χ1n) is 12.0. The van der Waals surface area contributed by atoms with Gasteiger partial charge in [0.25, 0.3) is 5.91 Å². The number of aryl methyl sites for hydroxylation is 2. The minimum Gasteiger partial charge on any atom is -0.484 e. The van der Waals surface area contributed by atoms with Crippen LogP contribution in [0.3, 0.4) is 0 Å².